The quantitative estimate of drug-likeness (QED) is 0.497. The van der Waals surface area contributed by atoms with Crippen LogP contribution in [0.15, 0.2) is 41.7 Å². The number of methoxy groups -OCH3 is 1. The average Bonchev–Trinajstić information content (AvgIpc) is 3.23. The van der Waals surface area contributed by atoms with Crippen LogP contribution in [0.4, 0.5) is 4.39 Å². The molecule has 30 heavy (non-hydrogen) atoms. The van der Waals surface area contributed by atoms with Crippen molar-refractivity contribution >= 4 is 28.9 Å². The second-order valence-corrected chi connectivity index (χ2v) is 7.38. The zero-order valence-corrected chi connectivity index (χ0v) is 17.1. The monoisotopic (exact) mass is 417 g/mol. The van der Waals surface area contributed by atoms with Gasteiger partial charge in [0.1, 0.15) is 5.71 Å². The van der Waals surface area contributed by atoms with Gasteiger partial charge in [-0.1, -0.05) is 43.3 Å². The molecule has 0 bridgehead atoms. The van der Waals surface area contributed by atoms with Crippen LogP contribution < -0.4 is 5.32 Å². The largest absolute Gasteiger partial charge is 0.430 e. The summed E-state index contributed by atoms with van der Waals surface area (Å²) in [7, 11) is 1.19. The van der Waals surface area contributed by atoms with Crippen LogP contribution in [0.3, 0.4) is 0 Å². The summed E-state index contributed by atoms with van der Waals surface area (Å²) < 4.78 is 23.0. The van der Waals surface area contributed by atoms with Crippen molar-refractivity contribution in [3.63, 3.8) is 0 Å². The molecule has 0 saturated carbocycles. The second-order valence-electron chi connectivity index (χ2n) is 7.38. The molecule has 1 aliphatic rings. The molecule has 1 N–H and O–H groups in total. The number of hydrogen-bond donors (Lipinski definition) is 1. The van der Waals surface area contributed by atoms with E-state index in [-0.39, 0.29) is 25.4 Å². The Morgan fingerprint density at radius 2 is 2.17 bits per heavy atom. The number of pyridine rings is 1. The third-order valence-corrected chi connectivity index (χ3v) is 5.37. The van der Waals surface area contributed by atoms with E-state index in [9.17, 15) is 14.0 Å². The molecule has 2 atom stereocenters. The molecule has 160 valence electrons. The lowest BCUT2D eigenvalue weighted by Crippen LogP contribution is -2.56. The van der Waals surface area contributed by atoms with E-state index in [2.05, 4.69) is 15.5 Å². The molecule has 8 nitrogen and oxygen atoms in total. The first-order chi connectivity index (χ1) is 14.4. The molecule has 1 amide bonds. The van der Waals surface area contributed by atoms with Crippen molar-refractivity contribution in [1.29, 1.82) is 0 Å². The van der Waals surface area contributed by atoms with E-state index in [1.165, 1.54) is 7.11 Å². The summed E-state index contributed by atoms with van der Waals surface area (Å²) in [4.78, 5) is 33.9. The van der Waals surface area contributed by atoms with Gasteiger partial charge < -0.3 is 19.6 Å². The summed E-state index contributed by atoms with van der Waals surface area (Å²) in [5.74, 6) is -2.67. The number of benzene rings is 1. The number of nitrogens with one attached hydrogen (secondary N) is 1. The summed E-state index contributed by atoms with van der Waals surface area (Å²) in [5.41, 5.74) is -0.128. The number of rotatable bonds is 9. The van der Waals surface area contributed by atoms with Gasteiger partial charge in [0.05, 0.1) is 12.2 Å². The standard InChI is InChI=1S/C21H24FN3O5/c1-14(2)21(19(27)24-12-20(11-22,28-3)29-13-26)10-17(25-30-21)18-16-7-5-4-6-15(16)8-9-23-18/h4-9,13-14H,10-12H2,1-3H3,(H,24,27). The fourth-order valence-corrected chi connectivity index (χ4v) is 3.37. The second kappa shape index (κ2) is 8.74. The number of alkyl halides is 1. The molecule has 0 fully saturated rings. The Morgan fingerprint density at radius 3 is 2.83 bits per heavy atom. The van der Waals surface area contributed by atoms with Gasteiger partial charge in [-0.15, -0.1) is 0 Å². The van der Waals surface area contributed by atoms with Crippen LogP contribution >= 0.6 is 0 Å². The molecule has 1 aromatic heterocycles. The van der Waals surface area contributed by atoms with Crippen LogP contribution in [0.5, 0.6) is 0 Å². The summed E-state index contributed by atoms with van der Waals surface area (Å²) in [5, 5.41) is 8.65. The smallest absolute Gasteiger partial charge is 0.295 e. The first-order valence-electron chi connectivity index (χ1n) is 9.51. The Balaban J connectivity index is 1.83. The highest BCUT2D eigenvalue weighted by atomic mass is 19.1. The first kappa shape index (κ1) is 21.6. The van der Waals surface area contributed by atoms with Crippen molar-refractivity contribution in [3.05, 3.63) is 42.2 Å². The van der Waals surface area contributed by atoms with Crippen LogP contribution in [-0.4, -0.2) is 54.8 Å². The molecule has 2 unspecified atom stereocenters. The highest BCUT2D eigenvalue weighted by molar-refractivity contribution is 6.11. The van der Waals surface area contributed by atoms with Gasteiger partial charge in [-0.2, -0.15) is 0 Å². The molecule has 0 saturated heterocycles. The summed E-state index contributed by atoms with van der Waals surface area (Å²) in [6, 6.07) is 9.63. The lowest BCUT2D eigenvalue weighted by Gasteiger charge is -2.32. The number of hydrogen-bond acceptors (Lipinski definition) is 7. The maximum Gasteiger partial charge on any atom is 0.295 e. The molecule has 2 heterocycles. The van der Waals surface area contributed by atoms with Gasteiger partial charge >= 0.3 is 0 Å². The van der Waals surface area contributed by atoms with Crippen molar-refractivity contribution < 1.29 is 28.3 Å². The van der Waals surface area contributed by atoms with Crippen LogP contribution in [0.25, 0.3) is 10.8 Å². The van der Waals surface area contributed by atoms with Crippen molar-refractivity contribution in [3.8, 4) is 0 Å². The van der Waals surface area contributed by atoms with Gasteiger partial charge in [-0.25, -0.2) is 4.39 Å². The highest BCUT2D eigenvalue weighted by Gasteiger charge is 2.50. The third kappa shape index (κ3) is 3.85. The van der Waals surface area contributed by atoms with Crippen molar-refractivity contribution in [1.82, 2.24) is 10.3 Å². The Labute approximate surface area is 173 Å². The van der Waals surface area contributed by atoms with Crippen LogP contribution in [0.2, 0.25) is 0 Å². The normalized spacial score (nSPS) is 20.4. The lowest BCUT2D eigenvalue weighted by atomic mass is 9.83. The number of aromatic nitrogens is 1. The zero-order valence-electron chi connectivity index (χ0n) is 17.1. The Hall–Kier alpha value is -3.07. The first-order valence-corrected chi connectivity index (χ1v) is 9.51. The topological polar surface area (TPSA) is 99.1 Å². The van der Waals surface area contributed by atoms with Gasteiger partial charge in [-0.3, -0.25) is 14.6 Å². The number of fused-ring (bicyclic) bond motifs is 1. The van der Waals surface area contributed by atoms with E-state index in [1.54, 1.807) is 6.20 Å². The average molecular weight is 417 g/mol. The molecule has 0 aliphatic carbocycles. The number of ether oxygens (including phenoxy) is 2. The van der Waals surface area contributed by atoms with E-state index < -0.39 is 24.0 Å². The number of carbonyl (C=O) groups excluding carboxylic acids is 2. The van der Waals surface area contributed by atoms with Crippen LogP contribution in [-0.2, 0) is 23.9 Å². The third-order valence-electron chi connectivity index (χ3n) is 5.37. The molecule has 9 heteroatoms. The number of nitrogens with zero attached hydrogens (tertiary/aromatic N) is 2. The van der Waals surface area contributed by atoms with E-state index in [4.69, 9.17) is 14.3 Å². The minimum absolute atomic E-state index is 0.0763. The van der Waals surface area contributed by atoms with E-state index in [0.29, 0.717) is 11.4 Å². The van der Waals surface area contributed by atoms with Crippen molar-refractivity contribution in [2.24, 2.45) is 11.1 Å². The SMILES string of the molecule is COC(CF)(CNC(=O)C1(C(C)C)CC(c2nccc3ccccc23)=NO1)OC=O. The molecule has 2 aromatic rings. The predicted octanol–water partition coefficient (Wildman–Crippen LogP) is 2.36. The molecule has 0 spiro atoms. The minimum Gasteiger partial charge on any atom is -0.430 e. The number of carbonyl (C=O) groups is 2. The summed E-state index contributed by atoms with van der Waals surface area (Å²) >= 11 is 0. The highest BCUT2D eigenvalue weighted by Crippen LogP contribution is 2.35. The van der Waals surface area contributed by atoms with E-state index >= 15 is 0 Å². The van der Waals surface area contributed by atoms with Gasteiger partial charge in [-0.05, 0) is 11.5 Å². The number of halogens is 1. The maximum absolute atomic E-state index is 13.4. The van der Waals surface area contributed by atoms with E-state index in [0.717, 1.165) is 10.8 Å². The fraction of sp³-hybridized carbons (Fsp3) is 0.429. The number of amides is 1. The van der Waals surface area contributed by atoms with Crippen molar-refractivity contribution in [2.75, 3.05) is 20.3 Å². The van der Waals surface area contributed by atoms with E-state index in [1.807, 2.05) is 44.2 Å². The van der Waals surface area contributed by atoms with Crippen LogP contribution in [0.1, 0.15) is 26.0 Å². The Bertz CT molecular complexity index is 955. The van der Waals surface area contributed by atoms with Gasteiger partial charge in [0.25, 0.3) is 18.2 Å². The molecule has 0 radical (unpaired) electrons. The van der Waals surface area contributed by atoms with Gasteiger partial charge in [0.2, 0.25) is 5.60 Å². The molecular weight excluding hydrogens is 393 g/mol. The van der Waals surface area contributed by atoms with Crippen molar-refractivity contribution in [2.45, 2.75) is 31.7 Å². The fourth-order valence-electron chi connectivity index (χ4n) is 3.37. The summed E-state index contributed by atoms with van der Waals surface area (Å²) in [6.45, 7) is 2.23. The number of oxime groups is 1. The lowest BCUT2D eigenvalue weighted by molar-refractivity contribution is -0.215. The van der Waals surface area contributed by atoms with Crippen LogP contribution in [0, 0.1) is 5.92 Å². The maximum atomic E-state index is 13.4. The molecular formula is C21H24FN3O5. The van der Waals surface area contributed by atoms with Gasteiger partial charge in [0.15, 0.2) is 6.67 Å². The predicted molar refractivity (Wildman–Crippen MR) is 107 cm³/mol. The van der Waals surface area contributed by atoms with Gasteiger partial charge in [0, 0.05) is 31.0 Å². The zero-order chi connectivity index (χ0) is 21.8. The summed E-state index contributed by atoms with van der Waals surface area (Å²) in [6.07, 6.45) is 1.86. The molecule has 3 rings (SSSR count). The minimum atomic E-state index is -1.89. The molecule has 1 aromatic carbocycles. The molecule has 1 aliphatic heterocycles. The Morgan fingerprint density at radius 1 is 1.40 bits per heavy atom. The Kier molecular flexibility index (Phi) is 6.31.